The number of carbonyl (C=O) groups is 1. The molecule has 3 rings (SSSR count). The van der Waals surface area contributed by atoms with Gasteiger partial charge in [0.25, 0.3) is 0 Å². The van der Waals surface area contributed by atoms with E-state index in [4.69, 9.17) is 13.9 Å². The molecule has 2 aromatic carbocycles. The SMILES string of the molecule is C=CC(=O)OCC(C)(C)COc1ccc2cc(-c3ccc(CCCCC)cc3CC)c(=O)oc2c1. The molecule has 0 unspecified atom stereocenters. The fourth-order valence-corrected chi connectivity index (χ4v) is 3.95. The Morgan fingerprint density at radius 2 is 1.83 bits per heavy atom. The third-order valence-electron chi connectivity index (χ3n) is 6.02. The van der Waals surface area contributed by atoms with E-state index >= 15 is 0 Å². The molecule has 0 spiro atoms. The summed E-state index contributed by atoms with van der Waals surface area (Å²) in [4.78, 5) is 24.3. The van der Waals surface area contributed by atoms with E-state index in [0.717, 1.165) is 35.4 Å². The molecule has 5 nitrogen and oxygen atoms in total. The summed E-state index contributed by atoms with van der Waals surface area (Å²) in [5, 5.41) is 0.834. The average molecular weight is 477 g/mol. The van der Waals surface area contributed by atoms with Crippen LogP contribution in [0.3, 0.4) is 0 Å². The second kappa shape index (κ2) is 11.9. The second-order valence-corrected chi connectivity index (χ2v) is 9.71. The zero-order chi connectivity index (χ0) is 25.4. The molecular weight excluding hydrogens is 440 g/mol. The minimum absolute atomic E-state index is 0.209. The summed E-state index contributed by atoms with van der Waals surface area (Å²) in [5.41, 5.74) is 3.70. The Hall–Kier alpha value is -3.34. The van der Waals surface area contributed by atoms with E-state index in [0.29, 0.717) is 23.5 Å². The summed E-state index contributed by atoms with van der Waals surface area (Å²) >= 11 is 0. The van der Waals surface area contributed by atoms with Crippen molar-refractivity contribution in [3.05, 3.63) is 76.7 Å². The van der Waals surface area contributed by atoms with Gasteiger partial charge in [-0.15, -0.1) is 0 Å². The minimum Gasteiger partial charge on any atom is -0.493 e. The number of benzene rings is 2. The number of unbranched alkanes of at least 4 members (excludes halogenated alkanes) is 2. The standard InChI is InChI=1S/C30H36O5/c1-6-9-10-11-21-12-15-25(22(7-2)16-21)26-17-23-13-14-24(18-27(23)35-29(26)32)33-19-30(4,5)20-34-28(31)8-3/h8,12-18H,3,6-7,9-11,19-20H2,1-2,4-5H3. The van der Waals surface area contributed by atoms with Crippen molar-refractivity contribution in [2.24, 2.45) is 5.41 Å². The molecule has 0 aliphatic rings. The third-order valence-corrected chi connectivity index (χ3v) is 6.02. The summed E-state index contributed by atoms with van der Waals surface area (Å²) in [6.07, 6.45) is 6.65. The van der Waals surface area contributed by atoms with Crippen LogP contribution in [-0.2, 0) is 22.4 Å². The highest BCUT2D eigenvalue weighted by atomic mass is 16.5. The molecule has 0 saturated heterocycles. The van der Waals surface area contributed by atoms with Gasteiger partial charge in [-0.25, -0.2) is 9.59 Å². The van der Waals surface area contributed by atoms with Gasteiger partial charge in [0.05, 0.1) is 18.8 Å². The number of fused-ring (bicyclic) bond motifs is 1. The van der Waals surface area contributed by atoms with E-state index in [1.54, 1.807) is 6.07 Å². The largest absolute Gasteiger partial charge is 0.493 e. The monoisotopic (exact) mass is 476 g/mol. The van der Waals surface area contributed by atoms with Crippen molar-refractivity contribution >= 4 is 16.9 Å². The summed E-state index contributed by atoms with van der Waals surface area (Å²) in [5.74, 6) is 0.126. The van der Waals surface area contributed by atoms with Crippen LogP contribution in [0.1, 0.15) is 58.1 Å². The topological polar surface area (TPSA) is 65.7 Å². The maximum atomic E-state index is 12.9. The molecule has 186 valence electrons. The molecule has 1 heterocycles. The first-order valence-electron chi connectivity index (χ1n) is 12.4. The van der Waals surface area contributed by atoms with Gasteiger partial charge in [0, 0.05) is 22.9 Å². The lowest BCUT2D eigenvalue weighted by molar-refractivity contribution is -0.141. The maximum Gasteiger partial charge on any atom is 0.344 e. The fourth-order valence-electron chi connectivity index (χ4n) is 3.95. The van der Waals surface area contributed by atoms with Gasteiger partial charge < -0.3 is 13.9 Å². The van der Waals surface area contributed by atoms with Gasteiger partial charge in [0.2, 0.25) is 0 Å². The van der Waals surface area contributed by atoms with Crippen LogP contribution in [0, 0.1) is 5.41 Å². The summed E-state index contributed by atoms with van der Waals surface area (Å²) in [6.45, 7) is 12.1. The maximum absolute atomic E-state index is 12.9. The summed E-state index contributed by atoms with van der Waals surface area (Å²) < 4.78 is 16.8. The molecule has 0 N–H and O–H groups in total. The number of ether oxygens (including phenoxy) is 2. The zero-order valence-corrected chi connectivity index (χ0v) is 21.3. The molecule has 0 amide bonds. The predicted molar refractivity (Wildman–Crippen MR) is 141 cm³/mol. The molecule has 0 radical (unpaired) electrons. The highest BCUT2D eigenvalue weighted by molar-refractivity contribution is 5.83. The van der Waals surface area contributed by atoms with Crippen molar-refractivity contribution in [1.82, 2.24) is 0 Å². The van der Waals surface area contributed by atoms with Crippen LogP contribution in [0.5, 0.6) is 5.75 Å². The van der Waals surface area contributed by atoms with Crippen molar-refractivity contribution in [3.8, 4) is 16.9 Å². The Balaban J connectivity index is 1.80. The van der Waals surface area contributed by atoms with Crippen molar-refractivity contribution in [3.63, 3.8) is 0 Å². The van der Waals surface area contributed by atoms with E-state index in [1.807, 2.05) is 32.0 Å². The van der Waals surface area contributed by atoms with Gasteiger partial charge >= 0.3 is 11.6 Å². The predicted octanol–water partition coefficient (Wildman–Crippen LogP) is 6.89. The van der Waals surface area contributed by atoms with E-state index < -0.39 is 11.4 Å². The van der Waals surface area contributed by atoms with Gasteiger partial charge in [-0.05, 0) is 54.2 Å². The molecule has 0 bridgehead atoms. The Morgan fingerprint density at radius 3 is 2.54 bits per heavy atom. The van der Waals surface area contributed by atoms with Crippen LogP contribution in [0.15, 0.2) is 64.3 Å². The average Bonchev–Trinajstić information content (AvgIpc) is 2.85. The van der Waals surface area contributed by atoms with Gasteiger partial charge in [0.15, 0.2) is 0 Å². The van der Waals surface area contributed by atoms with Crippen LogP contribution < -0.4 is 10.4 Å². The van der Waals surface area contributed by atoms with E-state index in [-0.39, 0.29) is 12.2 Å². The van der Waals surface area contributed by atoms with Gasteiger partial charge in [0.1, 0.15) is 11.3 Å². The Bertz CT molecular complexity index is 1240. The fraction of sp³-hybridized carbons (Fsp3) is 0.400. The van der Waals surface area contributed by atoms with Crippen LogP contribution >= 0.6 is 0 Å². The molecule has 0 fully saturated rings. The Kier molecular flexibility index (Phi) is 8.91. The number of carbonyl (C=O) groups excluding carboxylic acids is 1. The van der Waals surface area contributed by atoms with Gasteiger partial charge in [-0.1, -0.05) is 65.3 Å². The van der Waals surface area contributed by atoms with Crippen molar-refractivity contribution in [2.75, 3.05) is 13.2 Å². The molecular formula is C30H36O5. The third kappa shape index (κ3) is 7.08. The first kappa shape index (κ1) is 26.3. The van der Waals surface area contributed by atoms with Crippen LogP contribution in [-0.4, -0.2) is 19.2 Å². The number of hydrogen-bond donors (Lipinski definition) is 0. The first-order chi connectivity index (χ1) is 16.8. The minimum atomic E-state index is -0.460. The van der Waals surface area contributed by atoms with E-state index in [9.17, 15) is 9.59 Å². The molecule has 5 heteroatoms. The number of rotatable bonds is 12. The zero-order valence-electron chi connectivity index (χ0n) is 21.3. The number of aryl methyl sites for hydroxylation is 2. The van der Waals surface area contributed by atoms with Gasteiger partial charge in [-0.3, -0.25) is 0 Å². The van der Waals surface area contributed by atoms with Crippen molar-refractivity contribution in [1.29, 1.82) is 0 Å². The lowest BCUT2D eigenvalue weighted by Gasteiger charge is -2.24. The number of hydrogen-bond acceptors (Lipinski definition) is 5. The van der Waals surface area contributed by atoms with E-state index in [2.05, 4.69) is 38.6 Å². The van der Waals surface area contributed by atoms with Crippen molar-refractivity contribution < 1.29 is 18.7 Å². The molecule has 1 aromatic heterocycles. The smallest absolute Gasteiger partial charge is 0.344 e. The van der Waals surface area contributed by atoms with Crippen molar-refractivity contribution in [2.45, 2.75) is 59.8 Å². The summed E-state index contributed by atoms with van der Waals surface area (Å²) in [6, 6.07) is 13.8. The van der Waals surface area contributed by atoms with Crippen LogP contribution in [0.2, 0.25) is 0 Å². The molecule has 35 heavy (non-hydrogen) atoms. The molecule has 0 atom stereocenters. The molecule has 0 saturated carbocycles. The van der Waals surface area contributed by atoms with E-state index in [1.165, 1.54) is 24.8 Å². The number of esters is 1. The molecule has 0 aliphatic heterocycles. The normalized spacial score (nSPS) is 11.4. The van der Waals surface area contributed by atoms with Crippen LogP contribution in [0.25, 0.3) is 22.1 Å². The second-order valence-electron chi connectivity index (χ2n) is 9.71. The highest BCUT2D eigenvalue weighted by Crippen LogP contribution is 2.29. The molecule has 0 aliphatic carbocycles. The quantitative estimate of drug-likeness (QED) is 0.123. The molecule has 3 aromatic rings. The first-order valence-corrected chi connectivity index (χ1v) is 12.4. The summed E-state index contributed by atoms with van der Waals surface area (Å²) in [7, 11) is 0. The van der Waals surface area contributed by atoms with Gasteiger partial charge in [-0.2, -0.15) is 0 Å². The highest BCUT2D eigenvalue weighted by Gasteiger charge is 2.21. The van der Waals surface area contributed by atoms with Crippen LogP contribution in [0.4, 0.5) is 0 Å². The lowest BCUT2D eigenvalue weighted by atomic mass is 9.94. The Morgan fingerprint density at radius 1 is 1.03 bits per heavy atom. The lowest BCUT2D eigenvalue weighted by Crippen LogP contribution is -2.28. The Labute approximate surface area is 207 Å².